The van der Waals surface area contributed by atoms with E-state index in [1.165, 1.54) is 6.92 Å². The van der Waals surface area contributed by atoms with Crippen LogP contribution in [-0.2, 0) is 19.1 Å². The maximum atomic E-state index is 11.8. The Morgan fingerprint density at radius 2 is 1.91 bits per heavy atom. The smallest absolute Gasteiger partial charge is 0.407 e. The van der Waals surface area contributed by atoms with Gasteiger partial charge in [0, 0.05) is 13.0 Å². The summed E-state index contributed by atoms with van der Waals surface area (Å²) in [5, 5.41) is 12.2. The zero-order valence-electron chi connectivity index (χ0n) is 13.8. The molecule has 0 spiro atoms. The van der Waals surface area contributed by atoms with Gasteiger partial charge in [0.2, 0.25) is 0 Å². The number of hydrogen-bond donors (Lipinski definition) is 2. The SMILES string of the molecule is CC(=O)OC(C)C1(C(=O)O)CCC(NC(=O)OC(C)(C)C)C1. The lowest BCUT2D eigenvalue weighted by Gasteiger charge is -2.30. The molecular weight excluding hydrogens is 290 g/mol. The first-order valence-corrected chi connectivity index (χ1v) is 7.36. The Bertz CT molecular complexity index is 455. The van der Waals surface area contributed by atoms with Crippen molar-refractivity contribution in [2.45, 2.75) is 71.6 Å². The molecule has 1 rings (SSSR count). The number of alkyl carbamates (subject to hydrolysis) is 1. The van der Waals surface area contributed by atoms with Crippen LogP contribution in [0.4, 0.5) is 4.79 Å². The summed E-state index contributed by atoms with van der Waals surface area (Å²) >= 11 is 0. The number of ether oxygens (including phenoxy) is 2. The monoisotopic (exact) mass is 315 g/mol. The minimum atomic E-state index is -1.18. The lowest BCUT2D eigenvalue weighted by molar-refractivity contribution is -0.166. The Kier molecular flexibility index (Phi) is 5.43. The fourth-order valence-electron chi connectivity index (χ4n) is 2.77. The second kappa shape index (κ2) is 6.54. The molecule has 0 aromatic rings. The van der Waals surface area contributed by atoms with Gasteiger partial charge in [-0.25, -0.2) is 4.79 Å². The van der Waals surface area contributed by atoms with Gasteiger partial charge in [0.05, 0.1) is 0 Å². The van der Waals surface area contributed by atoms with Crippen molar-refractivity contribution in [2.75, 3.05) is 0 Å². The van der Waals surface area contributed by atoms with Crippen LogP contribution in [0.2, 0.25) is 0 Å². The van der Waals surface area contributed by atoms with Crippen molar-refractivity contribution in [2.24, 2.45) is 5.41 Å². The fraction of sp³-hybridized carbons (Fsp3) is 0.800. The van der Waals surface area contributed by atoms with Gasteiger partial charge < -0.3 is 19.9 Å². The number of amides is 1. The summed E-state index contributed by atoms with van der Waals surface area (Å²) < 4.78 is 10.2. The van der Waals surface area contributed by atoms with E-state index >= 15 is 0 Å². The van der Waals surface area contributed by atoms with Gasteiger partial charge in [-0.15, -0.1) is 0 Å². The summed E-state index contributed by atoms with van der Waals surface area (Å²) in [7, 11) is 0. The first kappa shape index (κ1) is 18.3. The summed E-state index contributed by atoms with van der Waals surface area (Å²) in [6, 6.07) is -0.316. The third-order valence-corrected chi connectivity index (χ3v) is 3.82. The van der Waals surface area contributed by atoms with Gasteiger partial charge in [0.1, 0.15) is 17.1 Å². The van der Waals surface area contributed by atoms with Crippen LogP contribution in [0, 0.1) is 5.41 Å². The van der Waals surface area contributed by atoms with Gasteiger partial charge in [-0.05, 0) is 47.0 Å². The highest BCUT2D eigenvalue weighted by molar-refractivity contribution is 5.77. The molecule has 0 aliphatic heterocycles. The van der Waals surface area contributed by atoms with Crippen LogP contribution in [0.1, 0.15) is 53.9 Å². The molecule has 22 heavy (non-hydrogen) atoms. The maximum absolute atomic E-state index is 11.8. The molecule has 3 unspecified atom stereocenters. The molecule has 126 valence electrons. The first-order valence-electron chi connectivity index (χ1n) is 7.36. The van der Waals surface area contributed by atoms with E-state index in [2.05, 4.69) is 5.32 Å². The summed E-state index contributed by atoms with van der Waals surface area (Å²) in [6.45, 7) is 8.09. The quantitative estimate of drug-likeness (QED) is 0.770. The summed E-state index contributed by atoms with van der Waals surface area (Å²) in [5.41, 5.74) is -1.79. The Morgan fingerprint density at radius 1 is 1.32 bits per heavy atom. The second-order valence-electron chi connectivity index (χ2n) is 6.80. The molecule has 7 nitrogen and oxygen atoms in total. The zero-order valence-corrected chi connectivity index (χ0v) is 13.8. The predicted octanol–water partition coefficient (Wildman–Crippen LogP) is 2.09. The molecular formula is C15H25NO6. The molecule has 1 fully saturated rings. The highest BCUT2D eigenvalue weighted by atomic mass is 16.6. The van der Waals surface area contributed by atoms with Gasteiger partial charge in [0.15, 0.2) is 0 Å². The van der Waals surface area contributed by atoms with Gasteiger partial charge >= 0.3 is 18.0 Å². The van der Waals surface area contributed by atoms with Crippen molar-refractivity contribution in [1.82, 2.24) is 5.32 Å². The molecule has 0 bridgehead atoms. The predicted molar refractivity (Wildman–Crippen MR) is 78.3 cm³/mol. The van der Waals surface area contributed by atoms with Crippen molar-refractivity contribution in [3.63, 3.8) is 0 Å². The Labute approximate surface area is 130 Å². The molecule has 3 atom stereocenters. The average molecular weight is 315 g/mol. The van der Waals surface area contributed by atoms with Crippen LogP contribution in [0.25, 0.3) is 0 Å². The number of carbonyl (C=O) groups is 3. The van der Waals surface area contributed by atoms with E-state index in [0.29, 0.717) is 12.8 Å². The van der Waals surface area contributed by atoms with Gasteiger partial charge in [-0.1, -0.05) is 0 Å². The van der Waals surface area contributed by atoms with Crippen molar-refractivity contribution in [1.29, 1.82) is 0 Å². The Morgan fingerprint density at radius 3 is 2.36 bits per heavy atom. The third kappa shape index (κ3) is 4.61. The topological polar surface area (TPSA) is 102 Å². The van der Waals surface area contributed by atoms with E-state index in [1.807, 2.05) is 0 Å². The number of carboxylic acid groups (broad SMARTS) is 1. The Hall–Kier alpha value is -1.79. The summed E-state index contributed by atoms with van der Waals surface area (Å²) in [4.78, 5) is 34.5. The van der Waals surface area contributed by atoms with Gasteiger partial charge in [0.25, 0.3) is 0 Å². The third-order valence-electron chi connectivity index (χ3n) is 3.82. The van der Waals surface area contributed by atoms with E-state index in [4.69, 9.17) is 9.47 Å². The summed E-state index contributed by atoms with van der Waals surface area (Å²) in [5.74, 6) is -1.54. The van der Waals surface area contributed by atoms with Crippen LogP contribution >= 0.6 is 0 Å². The number of nitrogens with one attached hydrogen (secondary N) is 1. The van der Waals surface area contributed by atoms with Crippen LogP contribution in [-0.4, -0.2) is 40.9 Å². The molecule has 0 aromatic heterocycles. The molecule has 0 heterocycles. The second-order valence-corrected chi connectivity index (χ2v) is 6.80. The molecule has 1 aliphatic rings. The normalized spacial score (nSPS) is 26.1. The number of esters is 1. The van der Waals surface area contributed by atoms with Crippen molar-refractivity contribution in [3.8, 4) is 0 Å². The van der Waals surface area contributed by atoms with E-state index in [1.54, 1.807) is 27.7 Å². The number of carbonyl (C=O) groups excluding carboxylic acids is 2. The fourth-order valence-corrected chi connectivity index (χ4v) is 2.77. The molecule has 0 saturated heterocycles. The lowest BCUT2D eigenvalue weighted by Crippen LogP contribution is -2.44. The van der Waals surface area contributed by atoms with E-state index in [9.17, 15) is 19.5 Å². The van der Waals surface area contributed by atoms with Crippen LogP contribution < -0.4 is 5.32 Å². The standard InChI is InChI=1S/C15H25NO6/c1-9(21-10(2)17)15(12(18)19)7-6-11(8-15)16-13(20)22-14(3,4)5/h9,11H,6-8H2,1-5H3,(H,16,20)(H,18,19). The maximum Gasteiger partial charge on any atom is 0.407 e. The van der Waals surface area contributed by atoms with Crippen LogP contribution in [0.3, 0.4) is 0 Å². The van der Waals surface area contributed by atoms with Crippen LogP contribution in [0.5, 0.6) is 0 Å². The largest absolute Gasteiger partial charge is 0.481 e. The number of aliphatic carboxylic acids is 1. The molecule has 1 aliphatic carbocycles. The van der Waals surface area contributed by atoms with Crippen LogP contribution in [0.15, 0.2) is 0 Å². The molecule has 0 radical (unpaired) electrons. The minimum Gasteiger partial charge on any atom is -0.481 e. The van der Waals surface area contributed by atoms with Crippen molar-refractivity contribution < 1.29 is 29.0 Å². The van der Waals surface area contributed by atoms with Crippen molar-refractivity contribution >= 4 is 18.0 Å². The number of hydrogen-bond acceptors (Lipinski definition) is 5. The number of rotatable bonds is 4. The molecule has 0 aromatic carbocycles. The van der Waals surface area contributed by atoms with Gasteiger partial charge in [-0.2, -0.15) is 0 Å². The average Bonchev–Trinajstić information content (AvgIpc) is 2.70. The molecule has 1 saturated carbocycles. The molecule has 7 heteroatoms. The Balaban J connectivity index is 2.73. The zero-order chi connectivity index (χ0) is 17.1. The van der Waals surface area contributed by atoms with Gasteiger partial charge in [-0.3, -0.25) is 9.59 Å². The van der Waals surface area contributed by atoms with E-state index in [0.717, 1.165) is 0 Å². The minimum absolute atomic E-state index is 0.204. The first-order chi connectivity index (χ1) is 9.96. The van der Waals surface area contributed by atoms with Crippen molar-refractivity contribution in [3.05, 3.63) is 0 Å². The number of carboxylic acids is 1. The molecule has 1 amide bonds. The lowest BCUT2D eigenvalue weighted by atomic mass is 9.80. The highest BCUT2D eigenvalue weighted by Gasteiger charge is 2.51. The van der Waals surface area contributed by atoms with E-state index < -0.39 is 35.2 Å². The van der Waals surface area contributed by atoms with E-state index in [-0.39, 0.29) is 12.5 Å². The highest BCUT2D eigenvalue weighted by Crippen LogP contribution is 2.43. The summed E-state index contributed by atoms with van der Waals surface area (Å²) in [6.07, 6.45) is -0.295. The molecule has 2 N–H and O–H groups in total.